The highest BCUT2D eigenvalue weighted by Crippen LogP contribution is 2.52. The largest absolute Gasteiger partial charge is 0.473 e. The minimum atomic E-state index is -0.174. The summed E-state index contributed by atoms with van der Waals surface area (Å²) in [7, 11) is 6.31. The highest BCUT2D eigenvalue weighted by Gasteiger charge is 2.45. The molecule has 214 valence electrons. The molecule has 2 unspecified atom stereocenters. The van der Waals surface area contributed by atoms with Crippen molar-refractivity contribution in [2.75, 3.05) is 27.4 Å². The molecule has 0 aliphatic carbocycles. The number of rotatable bonds is 15. The van der Waals surface area contributed by atoms with Crippen molar-refractivity contribution < 1.29 is 19.7 Å². The van der Waals surface area contributed by atoms with Crippen molar-refractivity contribution in [3.05, 3.63) is 23.0 Å². The lowest BCUT2D eigenvalue weighted by atomic mass is 10.0. The summed E-state index contributed by atoms with van der Waals surface area (Å²) in [5.74, 6) is 1.38. The number of thiazole rings is 2. The monoisotopic (exact) mass is 622 g/mol. The number of aliphatic hydroxyl groups is 2. The molecule has 8 rings (SSSR count). The first-order chi connectivity index (χ1) is 19.5. The molecule has 4 aliphatic rings. The smallest absolute Gasteiger partial charge is 0.275 e. The third kappa shape index (κ3) is 4.71. The summed E-state index contributed by atoms with van der Waals surface area (Å²) in [6.07, 6.45) is 3.46. The normalized spacial score (nSPS) is 18.8. The zero-order valence-corrected chi connectivity index (χ0v) is 25.7. The van der Waals surface area contributed by atoms with Crippen molar-refractivity contribution in [3.63, 3.8) is 0 Å². The fraction of sp³-hybridized carbons (Fsp3) is 0.583. The van der Waals surface area contributed by atoms with Crippen molar-refractivity contribution in [2.24, 2.45) is 0 Å². The van der Waals surface area contributed by atoms with E-state index in [1.807, 2.05) is 0 Å². The Morgan fingerprint density at radius 2 is 1.15 bits per heavy atom. The fourth-order valence-electron chi connectivity index (χ4n) is 5.03. The molecule has 4 aliphatic heterocycles. The van der Waals surface area contributed by atoms with Crippen molar-refractivity contribution in [1.82, 2.24) is 38.5 Å². The fourth-order valence-corrected chi connectivity index (χ4v) is 9.71. The second kappa shape index (κ2) is 11.8. The van der Waals surface area contributed by atoms with Crippen LogP contribution in [-0.4, -0.2) is 88.2 Å². The summed E-state index contributed by atoms with van der Waals surface area (Å²) < 4.78 is 16.9. The van der Waals surface area contributed by atoms with Crippen LogP contribution in [0.1, 0.15) is 74.7 Å². The third-order valence-corrected chi connectivity index (χ3v) is 11.7. The molecule has 0 spiro atoms. The molecule has 4 atom stereocenters. The van der Waals surface area contributed by atoms with Gasteiger partial charge >= 0.3 is 0 Å². The van der Waals surface area contributed by atoms with Crippen LogP contribution < -0.4 is 9.47 Å². The first kappa shape index (κ1) is 28.2. The van der Waals surface area contributed by atoms with Gasteiger partial charge in [0.2, 0.25) is 0 Å². The van der Waals surface area contributed by atoms with Gasteiger partial charge in [0.1, 0.15) is 21.5 Å². The zero-order valence-electron chi connectivity index (χ0n) is 22.5. The SMILES string of the molecule is CCC[C@H](CO)N(SSN(C1c2nc1c1sc(OC)nc1n2)[C@@H](CO)CCC)C1c2nc1c1sc(OC)nc1n2. The van der Waals surface area contributed by atoms with Crippen molar-refractivity contribution >= 4 is 65.3 Å². The number of ether oxygens (including phenoxy) is 2. The highest BCUT2D eigenvalue weighted by molar-refractivity contribution is 8.74. The first-order valence-electron chi connectivity index (χ1n) is 13.1. The maximum absolute atomic E-state index is 10.5. The molecule has 0 radical (unpaired) electrons. The van der Waals surface area contributed by atoms with Crippen molar-refractivity contribution in [2.45, 2.75) is 63.7 Å². The molecular formula is C24H30N8O4S4. The molecule has 4 aromatic heterocycles. The van der Waals surface area contributed by atoms with Gasteiger partial charge in [0.05, 0.1) is 38.8 Å². The van der Waals surface area contributed by atoms with Gasteiger partial charge < -0.3 is 19.7 Å². The minimum absolute atomic E-state index is 0.00256. The Morgan fingerprint density at radius 1 is 0.725 bits per heavy atom. The predicted molar refractivity (Wildman–Crippen MR) is 158 cm³/mol. The Bertz CT molecular complexity index is 1410. The number of methoxy groups -OCH3 is 2. The van der Waals surface area contributed by atoms with E-state index in [0.717, 1.165) is 46.5 Å². The predicted octanol–water partition coefficient (Wildman–Crippen LogP) is 4.15. The maximum atomic E-state index is 10.5. The van der Waals surface area contributed by atoms with E-state index in [9.17, 15) is 10.2 Å². The van der Waals surface area contributed by atoms with E-state index < -0.39 is 0 Å². The van der Waals surface area contributed by atoms with Gasteiger partial charge in [0, 0.05) is 34.0 Å². The van der Waals surface area contributed by atoms with Crippen LogP contribution in [0, 0.1) is 0 Å². The summed E-state index contributed by atoms with van der Waals surface area (Å²) in [6.45, 7) is 4.23. The molecular weight excluding hydrogens is 593 g/mol. The topological polar surface area (TPSA) is 143 Å². The number of aliphatic hydroxyl groups excluding tert-OH is 2. The zero-order chi connectivity index (χ0) is 28.0. The first-order valence-corrected chi connectivity index (χ1v) is 16.8. The molecule has 0 aromatic carbocycles. The lowest BCUT2D eigenvalue weighted by Gasteiger charge is -2.42. The van der Waals surface area contributed by atoms with Gasteiger partial charge in [-0.05, 0) is 12.8 Å². The molecule has 8 heterocycles. The van der Waals surface area contributed by atoms with Crippen LogP contribution in [0.2, 0.25) is 0 Å². The lowest BCUT2D eigenvalue weighted by Crippen LogP contribution is -2.43. The molecule has 16 heteroatoms. The molecule has 2 N–H and O–H groups in total. The number of hydrogen-bond acceptors (Lipinski definition) is 16. The molecule has 0 saturated heterocycles. The van der Waals surface area contributed by atoms with E-state index in [2.05, 4.69) is 42.4 Å². The lowest BCUT2D eigenvalue weighted by molar-refractivity contribution is 0.158. The van der Waals surface area contributed by atoms with Gasteiger partial charge in [-0.2, -0.15) is 9.97 Å². The maximum Gasteiger partial charge on any atom is 0.275 e. The average molecular weight is 623 g/mol. The molecule has 12 nitrogen and oxygen atoms in total. The van der Waals surface area contributed by atoms with E-state index >= 15 is 0 Å². The van der Waals surface area contributed by atoms with Gasteiger partial charge in [0.15, 0.2) is 22.9 Å². The van der Waals surface area contributed by atoms with Gasteiger partial charge in [-0.3, -0.25) is 0 Å². The third-order valence-electron chi connectivity index (χ3n) is 7.01. The number of nitrogens with zero attached hydrogens (tertiary/aromatic N) is 8. The van der Waals surface area contributed by atoms with Gasteiger partial charge in [0.25, 0.3) is 10.4 Å². The molecule has 40 heavy (non-hydrogen) atoms. The van der Waals surface area contributed by atoms with E-state index in [1.54, 1.807) is 36.2 Å². The Balaban J connectivity index is 1.31. The molecule has 0 fully saturated rings. The number of aromatic nitrogens is 6. The minimum Gasteiger partial charge on any atom is -0.473 e. The van der Waals surface area contributed by atoms with Crippen LogP contribution in [0.25, 0.3) is 20.7 Å². The van der Waals surface area contributed by atoms with Crippen LogP contribution in [0.4, 0.5) is 0 Å². The Labute approximate surface area is 247 Å². The summed E-state index contributed by atoms with van der Waals surface area (Å²) in [6, 6.07) is -0.582. The van der Waals surface area contributed by atoms with Crippen LogP contribution in [-0.2, 0) is 0 Å². The quantitative estimate of drug-likeness (QED) is 0.145. The molecule has 0 saturated carbocycles. The van der Waals surface area contributed by atoms with Crippen LogP contribution >= 0.6 is 44.6 Å². The van der Waals surface area contributed by atoms with E-state index in [1.165, 1.54) is 22.7 Å². The molecule has 0 amide bonds. The molecule has 4 bridgehead atoms. The summed E-state index contributed by atoms with van der Waals surface area (Å²) in [4.78, 5) is 27.7. The Kier molecular flexibility index (Phi) is 8.29. The summed E-state index contributed by atoms with van der Waals surface area (Å²) >= 11 is 2.87. The van der Waals surface area contributed by atoms with Gasteiger partial charge in [-0.15, -0.1) is 0 Å². The Hall–Kier alpha value is -1.92. The van der Waals surface area contributed by atoms with Crippen LogP contribution in [0.15, 0.2) is 0 Å². The van der Waals surface area contributed by atoms with Gasteiger partial charge in [-0.1, -0.05) is 49.4 Å². The van der Waals surface area contributed by atoms with Crippen molar-refractivity contribution in [1.29, 1.82) is 0 Å². The second-order valence-corrected chi connectivity index (χ2v) is 13.5. The van der Waals surface area contributed by atoms with Crippen LogP contribution in [0.3, 0.4) is 0 Å². The Morgan fingerprint density at radius 3 is 1.50 bits per heavy atom. The second-order valence-electron chi connectivity index (χ2n) is 9.53. The molecule has 4 aromatic rings. The number of hydrogen-bond donors (Lipinski definition) is 2. The summed E-state index contributed by atoms with van der Waals surface area (Å²) in [5.41, 5.74) is 3.09. The summed E-state index contributed by atoms with van der Waals surface area (Å²) in [5, 5.41) is 22.0. The van der Waals surface area contributed by atoms with Gasteiger partial charge in [-0.25, -0.2) is 28.5 Å². The van der Waals surface area contributed by atoms with E-state index in [0.29, 0.717) is 33.3 Å². The average Bonchev–Trinajstić information content (AvgIpc) is 3.59. The van der Waals surface area contributed by atoms with E-state index in [4.69, 9.17) is 19.4 Å². The van der Waals surface area contributed by atoms with E-state index in [-0.39, 0.29) is 37.4 Å². The van der Waals surface area contributed by atoms with Crippen molar-refractivity contribution in [3.8, 4) is 10.4 Å². The standard InChI is InChI=1S/C24H30N8O4S4/c1-5-7-11(9-33)31(15-13-17-21(27-19(15)25-13)29-23(35-3)37-17)39-40-32(12(10-34)8-6-2)16-14-18-22(28-20(16)26-14)30-24(36-4)38-18/h11-12,15-16,33-34H,5-10H2,1-4H3/t11-,12-,15?,16?/m1/s1. The highest BCUT2D eigenvalue weighted by atomic mass is 33.1. The van der Waals surface area contributed by atoms with Crippen LogP contribution in [0.5, 0.6) is 10.4 Å².